The smallest absolute Gasteiger partial charge is 0.174 e. The van der Waals surface area contributed by atoms with Crippen LogP contribution in [-0.2, 0) is 0 Å². The molecule has 1 heterocycles. The Labute approximate surface area is 98.3 Å². The van der Waals surface area contributed by atoms with Gasteiger partial charge in [-0.15, -0.1) is 0 Å². The van der Waals surface area contributed by atoms with Crippen LogP contribution >= 0.6 is 0 Å². The molecule has 1 N–H and O–H groups in total. The quantitative estimate of drug-likeness (QED) is 0.689. The van der Waals surface area contributed by atoms with E-state index in [1.165, 1.54) is 0 Å². The van der Waals surface area contributed by atoms with Gasteiger partial charge in [0, 0.05) is 10.9 Å². The van der Waals surface area contributed by atoms with Crippen molar-refractivity contribution in [1.82, 2.24) is 5.16 Å². The number of hydrogen-bond donors (Lipinski definition) is 1. The van der Waals surface area contributed by atoms with Crippen LogP contribution in [0.1, 0.15) is 5.56 Å². The molecule has 84 valence electrons. The average molecular weight is 225 g/mol. The number of rotatable bonds is 1. The van der Waals surface area contributed by atoms with Gasteiger partial charge in [0.2, 0.25) is 0 Å². The molecule has 3 aromatic rings. The van der Waals surface area contributed by atoms with Gasteiger partial charge in [-0.2, -0.15) is 0 Å². The molecule has 3 nitrogen and oxygen atoms in total. The lowest BCUT2D eigenvalue weighted by Crippen LogP contribution is -1.76. The Morgan fingerprint density at radius 3 is 2.82 bits per heavy atom. The first-order chi connectivity index (χ1) is 8.24. The van der Waals surface area contributed by atoms with Gasteiger partial charge in [-0.25, -0.2) is 0 Å². The van der Waals surface area contributed by atoms with Crippen molar-refractivity contribution in [3.05, 3.63) is 48.0 Å². The Morgan fingerprint density at radius 2 is 2.00 bits per heavy atom. The Balaban J connectivity index is 2.27. The first-order valence-electron chi connectivity index (χ1n) is 5.39. The number of phenols is 1. The molecule has 0 aliphatic carbocycles. The molecule has 17 heavy (non-hydrogen) atoms. The zero-order valence-electron chi connectivity index (χ0n) is 9.34. The fraction of sp³-hybridized carbons (Fsp3) is 0.0714. The van der Waals surface area contributed by atoms with Crippen LogP contribution < -0.4 is 0 Å². The van der Waals surface area contributed by atoms with Crippen LogP contribution in [0, 0.1) is 6.92 Å². The van der Waals surface area contributed by atoms with E-state index in [9.17, 15) is 5.11 Å². The van der Waals surface area contributed by atoms with Crippen molar-refractivity contribution in [1.29, 1.82) is 0 Å². The van der Waals surface area contributed by atoms with Gasteiger partial charge < -0.3 is 9.63 Å². The minimum atomic E-state index is 0.222. The lowest BCUT2D eigenvalue weighted by atomic mass is 10.1. The maximum absolute atomic E-state index is 9.48. The summed E-state index contributed by atoms with van der Waals surface area (Å²) in [6.07, 6.45) is 0. The second kappa shape index (κ2) is 3.63. The predicted octanol–water partition coefficient (Wildman–Crippen LogP) is 3.51. The van der Waals surface area contributed by atoms with Crippen LogP contribution in [0.3, 0.4) is 0 Å². The van der Waals surface area contributed by atoms with E-state index in [0.717, 1.165) is 22.0 Å². The molecule has 0 atom stereocenters. The van der Waals surface area contributed by atoms with Crippen LogP contribution in [0.5, 0.6) is 5.75 Å². The summed E-state index contributed by atoms with van der Waals surface area (Å²) < 4.78 is 5.35. The average Bonchev–Trinajstić information content (AvgIpc) is 2.71. The first kappa shape index (κ1) is 9.90. The van der Waals surface area contributed by atoms with Gasteiger partial charge in [-0.05, 0) is 31.2 Å². The normalized spacial score (nSPS) is 10.9. The van der Waals surface area contributed by atoms with Crippen molar-refractivity contribution in [3.63, 3.8) is 0 Å². The van der Waals surface area contributed by atoms with E-state index in [1.807, 2.05) is 31.2 Å². The number of nitrogens with zero attached hydrogens (tertiary/aromatic N) is 1. The Bertz CT molecular complexity index is 686. The molecule has 3 rings (SSSR count). The highest BCUT2D eigenvalue weighted by Gasteiger charge is 2.10. The largest absolute Gasteiger partial charge is 0.508 e. The lowest BCUT2D eigenvalue weighted by Gasteiger charge is -1.98. The summed E-state index contributed by atoms with van der Waals surface area (Å²) >= 11 is 0. The fourth-order valence-electron chi connectivity index (χ4n) is 1.91. The minimum absolute atomic E-state index is 0.222. The molecule has 0 aliphatic rings. The van der Waals surface area contributed by atoms with Gasteiger partial charge >= 0.3 is 0 Å². The van der Waals surface area contributed by atoms with Crippen LogP contribution in [-0.4, -0.2) is 10.3 Å². The molecule has 0 spiro atoms. The van der Waals surface area contributed by atoms with E-state index in [2.05, 4.69) is 5.16 Å². The SMILES string of the molecule is Cc1ccc2noc(-c3cccc(O)c3)c2c1. The summed E-state index contributed by atoms with van der Waals surface area (Å²) in [5.41, 5.74) is 2.81. The third-order valence-corrected chi connectivity index (χ3v) is 2.74. The number of phenolic OH excluding ortho intramolecular Hbond substituents is 1. The second-order valence-electron chi connectivity index (χ2n) is 4.08. The molecule has 0 radical (unpaired) electrons. The maximum atomic E-state index is 9.48. The van der Waals surface area contributed by atoms with Gasteiger partial charge in [-0.3, -0.25) is 0 Å². The summed E-state index contributed by atoms with van der Waals surface area (Å²) in [6.45, 7) is 2.03. The van der Waals surface area contributed by atoms with Gasteiger partial charge in [0.25, 0.3) is 0 Å². The molecular weight excluding hydrogens is 214 g/mol. The standard InChI is InChI=1S/C14H11NO2/c1-9-5-6-13-12(7-9)14(17-15-13)10-3-2-4-11(16)8-10/h2-8,16H,1H3. The van der Waals surface area contributed by atoms with Crippen molar-refractivity contribution in [2.24, 2.45) is 0 Å². The van der Waals surface area contributed by atoms with Gasteiger partial charge in [-0.1, -0.05) is 28.9 Å². The van der Waals surface area contributed by atoms with Gasteiger partial charge in [0.1, 0.15) is 11.3 Å². The number of aryl methyl sites for hydroxylation is 1. The highest BCUT2D eigenvalue weighted by atomic mass is 16.5. The number of aromatic nitrogens is 1. The van der Waals surface area contributed by atoms with E-state index in [1.54, 1.807) is 18.2 Å². The minimum Gasteiger partial charge on any atom is -0.508 e. The van der Waals surface area contributed by atoms with Crippen molar-refractivity contribution >= 4 is 10.9 Å². The number of benzene rings is 2. The van der Waals surface area contributed by atoms with Crippen LogP contribution in [0.25, 0.3) is 22.2 Å². The Morgan fingerprint density at radius 1 is 1.12 bits per heavy atom. The molecule has 3 heteroatoms. The highest BCUT2D eigenvalue weighted by Crippen LogP contribution is 2.30. The number of hydrogen-bond acceptors (Lipinski definition) is 3. The second-order valence-corrected chi connectivity index (χ2v) is 4.08. The topological polar surface area (TPSA) is 46.3 Å². The molecule has 0 saturated heterocycles. The number of fused-ring (bicyclic) bond motifs is 1. The summed E-state index contributed by atoms with van der Waals surface area (Å²) in [6, 6.07) is 12.9. The van der Waals surface area contributed by atoms with Crippen LogP contribution in [0.2, 0.25) is 0 Å². The molecule has 0 aliphatic heterocycles. The van der Waals surface area contributed by atoms with Crippen LogP contribution in [0.4, 0.5) is 0 Å². The van der Waals surface area contributed by atoms with Crippen molar-refractivity contribution < 1.29 is 9.63 Å². The molecule has 0 amide bonds. The number of aromatic hydroxyl groups is 1. The third kappa shape index (κ3) is 1.65. The third-order valence-electron chi connectivity index (χ3n) is 2.74. The summed E-state index contributed by atoms with van der Waals surface area (Å²) in [5, 5.41) is 14.5. The van der Waals surface area contributed by atoms with E-state index in [0.29, 0.717) is 5.76 Å². The molecule has 2 aromatic carbocycles. The zero-order chi connectivity index (χ0) is 11.8. The van der Waals surface area contributed by atoms with Crippen molar-refractivity contribution in [2.45, 2.75) is 6.92 Å². The van der Waals surface area contributed by atoms with E-state index < -0.39 is 0 Å². The van der Waals surface area contributed by atoms with Crippen molar-refractivity contribution in [3.8, 4) is 17.1 Å². The molecule has 0 bridgehead atoms. The highest BCUT2D eigenvalue weighted by molar-refractivity contribution is 5.92. The fourth-order valence-corrected chi connectivity index (χ4v) is 1.91. The summed E-state index contributed by atoms with van der Waals surface area (Å²) in [7, 11) is 0. The zero-order valence-corrected chi connectivity index (χ0v) is 9.34. The van der Waals surface area contributed by atoms with Crippen LogP contribution in [0.15, 0.2) is 47.0 Å². The van der Waals surface area contributed by atoms with Gasteiger partial charge in [0.15, 0.2) is 5.76 Å². The van der Waals surface area contributed by atoms with Gasteiger partial charge in [0.05, 0.1) is 0 Å². The molecule has 0 saturated carbocycles. The monoisotopic (exact) mass is 225 g/mol. The molecule has 0 fully saturated rings. The van der Waals surface area contributed by atoms with E-state index >= 15 is 0 Å². The summed E-state index contributed by atoms with van der Waals surface area (Å²) in [5.74, 6) is 0.916. The summed E-state index contributed by atoms with van der Waals surface area (Å²) in [4.78, 5) is 0. The van der Waals surface area contributed by atoms with Crippen molar-refractivity contribution in [2.75, 3.05) is 0 Å². The lowest BCUT2D eigenvalue weighted by molar-refractivity contribution is 0.440. The maximum Gasteiger partial charge on any atom is 0.174 e. The molecular formula is C14H11NO2. The molecule has 0 unspecified atom stereocenters. The Hall–Kier alpha value is -2.29. The van der Waals surface area contributed by atoms with E-state index in [-0.39, 0.29) is 5.75 Å². The first-order valence-corrected chi connectivity index (χ1v) is 5.39. The Kier molecular flexibility index (Phi) is 2.11. The predicted molar refractivity (Wildman–Crippen MR) is 65.8 cm³/mol. The molecule has 1 aromatic heterocycles. The van der Waals surface area contributed by atoms with E-state index in [4.69, 9.17) is 4.52 Å².